The minimum absolute atomic E-state index is 0.167. The predicted octanol–water partition coefficient (Wildman–Crippen LogP) is 9.56. The Kier molecular flexibility index (Phi) is 9.73. The van der Waals surface area contributed by atoms with Crippen molar-refractivity contribution >= 4 is 47.2 Å². The third kappa shape index (κ3) is 6.83. The van der Waals surface area contributed by atoms with Gasteiger partial charge in [-0.25, -0.2) is 9.18 Å². The molecule has 1 atom stereocenters. The molecule has 4 aromatic carbocycles. The van der Waals surface area contributed by atoms with Crippen LogP contribution in [0.3, 0.4) is 0 Å². The molecule has 0 radical (unpaired) electrons. The van der Waals surface area contributed by atoms with Gasteiger partial charge >= 0.3 is 12.1 Å². The van der Waals surface area contributed by atoms with Crippen LogP contribution in [0.4, 0.5) is 9.18 Å². The summed E-state index contributed by atoms with van der Waals surface area (Å²) in [7, 11) is 1.61. The zero-order chi connectivity index (χ0) is 31.4. The molecule has 1 aliphatic carbocycles. The molecule has 1 unspecified atom stereocenters. The summed E-state index contributed by atoms with van der Waals surface area (Å²) in [5.74, 6) is 0.0118. The van der Waals surface area contributed by atoms with Crippen LogP contribution < -0.4 is 9.46 Å². The van der Waals surface area contributed by atoms with E-state index in [0.717, 1.165) is 52.6 Å². The number of hydrogen-bond donors (Lipinski definition) is 1. The molecule has 10 heteroatoms. The van der Waals surface area contributed by atoms with E-state index in [1.807, 2.05) is 55.5 Å². The Balaban J connectivity index is 1.33. The summed E-state index contributed by atoms with van der Waals surface area (Å²) in [5.41, 5.74) is 4.27. The van der Waals surface area contributed by atoms with E-state index in [1.165, 1.54) is 18.2 Å². The van der Waals surface area contributed by atoms with E-state index in [1.54, 1.807) is 26.2 Å². The molecule has 1 amide bonds. The third-order valence-electron chi connectivity index (χ3n) is 7.55. The second-order valence-electron chi connectivity index (χ2n) is 10.4. The number of halogens is 3. The lowest BCUT2D eigenvalue weighted by molar-refractivity contribution is -0.146. The first-order valence-electron chi connectivity index (χ1n) is 14.0. The molecule has 1 fully saturated rings. The highest BCUT2D eigenvalue weighted by molar-refractivity contribution is 7.98. The molecule has 1 saturated carbocycles. The Hall–Kier alpha value is -3.72. The molecule has 44 heavy (non-hydrogen) atoms. The lowest BCUT2D eigenvalue weighted by atomic mass is 9.93. The molecule has 0 bridgehead atoms. The minimum Gasteiger partial charge on any atom is -0.496 e. The summed E-state index contributed by atoms with van der Waals surface area (Å²) in [6.07, 6.45) is 0.0828. The van der Waals surface area contributed by atoms with Crippen LogP contribution in [-0.4, -0.2) is 25.8 Å². The van der Waals surface area contributed by atoms with Crippen LogP contribution in [0, 0.1) is 5.82 Å². The molecule has 5 rings (SSSR count). The van der Waals surface area contributed by atoms with Crippen molar-refractivity contribution in [3.8, 4) is 28.0 Å². The number of methoxy groups -OCH3 is 1. The first-order valence-corrected chi connectivity index (χ1v) is 15.6. The van der Waals surface area contributed by atoms with Crippen LogP contribution in [0.15, 0.2) is 83.8 Å². The Bertz CT molecular complexity index is 1690. The number of nitrogens with one attached hydrogen (secondary N) is 1. The van der Waals surface area contributed by atoms with Gasteiger partial charge in [-0.2, -0.15) is 0 Å². The normalized spacial score (nSPS) is 14.0. The molecule has 0 aromatic heterocycles. The van der Waals surface area contributed by atoms with Gasteiger partial charge in [0.2, 0.25) is 0 Å². The van der Waals surface area contributed by atoms with E-state index in [2.05, 4.69) is 4.72 Å². The van der Waals surface area contributed by atoms with Crippen molar-refractivity contribution in [2.24, 2.45) is 0 Å². The first kappa shape index (κ1) is 31.7. The monoisotopic (exact) mass is 653 g/mol. The molecule has 228 valence electrons. The maximum Gasteiger partial charge on any atom is 0.418 e. The van der Waals surface area contributed by atoms with Crippen molar-refractivity contribution < 1.29 is 28.2 Å². The van der Waals surface area contributed by atoms with Gasteiger partial charge in [-0.15, -0.1) is 0 Å². The molecular weight excluding hydrogens is 624 g/mol. The van der Waals surface area contributed by atoms with Crippen molar-refractivity contribution in [3.05, 3.63) is 106 Å². The van der Waals surface area contributed by atoms with Crippen molar-refractivity contribution in [3.63, 3.8) is 0 Å². The van der Waals surface area contributed by atoms with Crippen LogP contribution in [0.5, 0.6) is 5.75 Å². The van der Waals surface area contributed by atoms with Gasteiger partial charge in [0, 0.05) is 26.1 Å². The van der Waals surface area contributed by atoms with E-state index in [0.29, 0.717) is 32.9 Å². The number of carbonyl (C=O) groups excluding carboxylic acids is 2. The van der Waals surface area contributed by atoms with E-state index >= 15 is 0 Å². The topological polar surface area (TPSA) is 73.9 Å². The number of hydrogen-bond acceptors (Lipinski definition) is 6. The maximum atomic E-state index is 13.7. The van der Waals surface area contributed by atoms with Gasteiger partial charge in [0.1, 0.15) is 17.7 Å². The zero-order valence-corrected chi connectivity index (χ0v) is 26.6. The summed E-state index contributed by atoms with van der Waals surface area (Å²) in [6, 6.07) is 23.1. The second-order valence-corrected chi connectivity index (χ2v) is 12.0. The lowest BCUT2D eigenvalue weighted by Gasteiger charge is -2.17. The van der Waals surface area contributed by atoms with Crippen LogP contribution in [0.2, 0.25) is 10.0 Å². The molecule has 0 saturated heterocycles. The molecule has 1 aliphatic rings. The SMILES string of the molecule is CCOC(=O)C1(c2ccc(-c3ccc(-c4ccc(Cl)cc4SNC(=O)OC(C)c4cc(F)ccc4Cl)cc3OC)cc2)CC1. The van der Waals surface area contributed by atoms with E-state index in [4.69, 9.17) is 37.4 Å². The average Bonchev–Trinajstić information content (AvgIpc) is 3.83. The fourth-order valence-electron chi connectivity index (χ4n) is 5.06. The van der Waals surface area contributed by atoms with Gasteiger partial charge < -0.3 is 14.2 Å². The predicted molar refractivity (Wildman–Crippen MR) is 172 cm³/mol. The average molecular weight is 655 g/mol. The van der Waals surface area contributed by atoms with Gasteiger partial charge in [0.25, 0.3) is 0 Å². The Morgan fingerprint density at radius 2 is 1.66 bits per heavy atom. The fourth-order valence-corrected chi connectivity index (χ4v) is 6.29. The molecule has 0 aliphatic heterocycles. The van der Waals surface area contributed by atoms with Crippen molar-refractivity contribution in [1.29, 1.82) is 0 Å². The number of amides is 1. The van der Waals surface area contributed by atoms with Gasteiger partial charge in [-0.3, -0.25) is 9.52 Å². The first-order chi connectivity index (χ1) is 21.1. The summed E-state index contributed by atoms with van der Waals surface area (Å²) < 4.78 is 32.9. The highest BCUT2D eigenvalue weighted by atomic mass is 35.5. The van der Waals surface area contributed by atoms with E-state index in [-0.39, 0.29) is 5.97 Å². The third-order valence-corrected chi connectivity index (χ3v) is 8.95. The summed E-state index contributed by atoms with van der Waals surface area (Å²) >= 11 is 13.5. The molecule has 6 nitrogen and oxygen atoms in total. The molecule has 0 spiro atoms. The quantitative estimate of drug-likeness (QED) is 0.136. The van der Waals surface area contributed by atoms with Crippen LogP contribution in [-0.2, 0) is 19.7 Å². The van der Waals surface area contributed by atoms with Crippen molar-refractivity contribution in [1.82, 2.24) is 4.72 Å². The Morgan fingerprint density at radius 1 is 0.955 bits per heavy atom. The minimum atomic E-state index is -0.775. The number of ether oxygens (including phenoxy) is 3. The molecule has 1 N–H and O–H groups in total. The maximum absolute atomic E-state index is 13.7. The molecule has 4 aromatic rings. The largest absolute Gasteiger partial charge is 0.496 e. The zero-order valence-electron chi connectivity index (χ0n) is 24.3. The molecule has 0 heterocycles. The molecular formula is C34H30Cl2FNO5S. The van der Waals surface area contributed by atoms with Crippen molar-refractivity contribution in [2.75, 3.05) is 13.7 Å². The highest BCUT2D eigenvalue weighted by Gasteiger charge is 2.52. The summed E-state index contributed by atoms with van der Waals surface area (Å²) in [5, 5.41) is 0.791. The Morgan fingerprint density at radius 3 is 2.34 bits per heavy atom. The summed E-state index contributed by atoms with van der Waals surface area (Å²) in [4.78, 5) is 25.8. The van der Waals surface area contributed by atoms with Gasteiger partial charge in [0.05, 0.1) is 19.1 Å². The fraction of sp³-hybridized carbons (Fsp3) is 0.235. The van der Waals surface area contributed by atoms with Gasteiger partial charge in [-0.1, -0.05) is 65.7 Å². The van der Waals surface area contributed by atoms with Gasteiger partial charge in [0.15, 0.2) is 0 Å². The number of benzene rings is 4. The van der Waals surface area contributed by atoms with E-state index < -0.39 is 23.4 Å². The Labute approximate surface area is 269 Å². The van der Waals surface area contributed by atoms with Crippen LogP contribution in [0.1, 0.15) is 43.9 Å². The van der Waals surface area contributed by atoms with Crippen LogP contribution in [0.25, 0.3) is 22.3 Å². The highest BCUT2D eigenvalue weighted by Crippen LogP contribution is 2.49. The standard InChI is InChI=1S/C34H30Cl2FNO5S/c1-4-42-32(39)34(15-16-34)23-8-5-21(6-9-23)26-12-7-22(17-30(26)41-3)27-13-10-24(35)18-31(27)44-38-33(40)43-20(2)28-19-25(37)11-14-29(28)36/h5-14,17-20H,4,15-16H2,1-3H3,(H,38,40). The van der Waals surface area contributed by atoms with Crippen molar-refractivity contribution in [2.45, 2.75) is 43.1 Å². The number of rotatable bonds is 10. The van der Waals surface area contributed by atoms with Gasteiger partial charge in [-0.05, 0) is 97.3 Å². The smallest absolute Gasteiger partial charge is 0.418 e. The number of esters is 1. The summed E-state index contributed by atoms with van der Waals surface area (Å²) in [6.45, 7) is 3.79. The second kappa shape index (κ2) is 13.5. The van der Waals surface area contributed by atoms with E-state index in [9.17, 15) is 14.0 Å². The van der Waals surface area contributed by atoms with Crippen LogP contribution >= 0.6 is 35.1 Å². The lowest BCUT2D eigenvalue weighted by Crippen LogP contribution is -2.23. The number of carbonyl (C=O) groups is 2.